The second kappa shape index (κ2) is 5.39. The molecule has 0 radical (unpaired) electrons. The summed E-state index contributed by atoms with van der Waals surface area (Å²) >= 11 is 0.946. The van der Waals surface area contributed by atoms with Crippen LogP contribution in [0.2, 0.25) is 0 Å². The van der Waals surface area contributed by atoms with Crippen LogP contribution in [-0.2, 0) is 16.6 Å². The molecule has 0 bridgehead atoms. The number of sulfonamides is 1. The summed E-state index contributed by atoms with van der Waals surface area (Å²) in [6.45, 7) is 1.68. The van der Waals surface area contributed by atoms with Crippen molar-refractivity contribution in [2.75, 3.05) is 7.05 Å². The Kier molecular flexibility index (Phi) is 3.98. The molecule has 108 valence electrons. The highest BCUT2D eigenvalue weighted by Crippen LogP contribution is 2.28. The molecule has 0 aliphatic heterocycles. The van der Waals surface area contributed by atoms with Gasteiger partial charge in [0.1, 0.15) is 10.6 Å². The number of hydrogen-bond donors (Lipinski definition) is 1. The molecule has 0 saturated carbocycles. The Morgan fingerprint density at radius 1 is 1.50 bits per heavy atom. The molecule has 0 fully saturated rings. The van der Waals surface area contributed by atoms with Crippen LogP contribution >= 0.6 is 11.3 Å². The van der Waals surface area contributed by atoms with Crippen molar-refractivity contribution in [2.24, 2.45) is 0 Å². The quantitative estimate of drug-likeness (QED) is 0.913. The van der Waals surface area contributed by atoms with Gasteiger partial charge in [0.05, 0.1) is 17.7 Å². The van der Waals surface area contributed by atoms with E-state index in [0.717, 1.165) is 15.6 Å². The summed E-state index contributed by atoms with van der Waals surface area (Å²) in [7, 11) is -2.31. The van der Waals surface area contributed by atoms with Gasteiger partial charge in [-0.2, -0.15) is 4.31 Å². The summed E-state index contributed by atoms with van der Waals surface area (Å²) in [5.41, 5.74) is 0. The van der Waals surface area contributed by atoms with Crippen molar-refractivity contribution in [2.45, 2.75) is 18.4 Å². The predicted molar refractivity (Wildman–Crippen MR) is 73.4 cm³/mol. The van der Waals surface area contributed by atoms with Crippen molar-refractivity contribution < 1.29 is 22.7 Å². The van der Waals surface area contributed by atoms with Gasteiger partial charge in [-0.3, -0.25) is 0 Å². The standard InChI is InChI=1S/C12H13NO5S2/c1-8-11(6-10(19-8)12(14)15)20(16,17)13(2)7-9-4-3-5-18-9/h3-6H,7H2,1-2H3,(H,14,15). The molecule has 2 rings (SSSR count). The minimum atomic E-state index is -3.74. The number of thiophene rings is 1. The second-order valence-electron chi connectivity index (χ2n) is 4.18. The summed E-state index contributed by atoms with van der Waals surface area (Å²) in [6.07, 6.45) is 1.47. The molecular formula is C12H13NO5S2. The highest BCUT2D eigenvalue weighted by Gasteiger charge is 2.26. The van der Waals surface area contributed by atoms with Crippen molar-refractivity contribution in [3.63, 3.8) is 0 Å². The Morgan fingerprint density at radius 3 is 2.70 bits per heavy atom. The number of carboxylic acid groups (broad SMARTS) is 1. The average Bonchev–Trinajstić information content (AvgIpc) is 2.98. The Bertz CT molecular complexity index is 715. The molecule has 0 unspecified atom stereocenters. The lowest BCUT2D eigenvalue weighted by molar-refractivity contribution is 0.0702. The Labute approximate surface area is 120 Å². The van der Waals surface area contributed by atoms with Crippen molar-refractivity contribution in [1.82, 2.24) is 4.31 Å². The highest BCUT2D eigenvalue weighted by atomic mass is 32.2. The molecular weight excluding hydrogens is 302 g/mol. The van der Waals surface area contributed by atoms with E-state index in [0.29, 0.717) is 10.6 Å². The summed E-state index contributed by atoms with van der Waals surface area (Å²) < 4.78 is 31.1. The lowest BCUT2D eigenvalue weighted by Gasteiger charge is -2.15. The molecule has 1 N–H and O–H groups in total. The fourth-order valence-corrected chi connectivity index (χ4v) is 4.23. The van der Waals surface area contributed by atoms with Crippen LogP contribution in [0.15, 0.2) is 33.8 Å². The maximum atomic E-state index is 12.4. The molecule has 0 atom stereocenters. The van der Waals surface area contributed by atoms with Gasteiger partial charge >= 0.3 is 5.97 Å². The third-order valence-electron chi connectivity index (χ3n) is 2.73. The number of carbonyl (C=O) groups is 1. The van der Waals surface area contributed by atoms with Gasteiger partial charge in [0, 0.05) is 11.9 Å². The monoisotopic (exact) mass is 315 g/mol. The Morgan fingerprint density at radius 2 is 2.20 bits per heavy atom. The van der Waals surface area contributed by atoms with Crippen molar-refractivity contribution in [1.29, 1.82) is 0 Å². The second-order valence-corrected chi connectivity index (χ2v) is 7.45. The molecule has 2 aromatic rings. The first-order chi connectivity index (χ1) is 9.32. The first kappa shape index (κ1) is 14.8. The van der Waals surface area contributed by atoms with Crippen LogP contribution in [0.1, 0.15) is 20.3 Å². The predicted octanol–water partition coefficient (Wildman–Crippen LogP) is 2.17. The number of hydrogen-bond acceptors (Lipinski definition) is 5. The van der Waals surface area contributed by atoms with Crippen LogP contribution in [0.3, 0.4) is 0 Å². The SMILES string of the molecule is Cc1sc(C(=O)O)cc1S(=O)(=O)N(C)Cc1ccco1. The van der Waals surface area contributed by atoms with Gasteiger partial charge in [0.2, 0.25) is 10.0 Å². The number of furan rings is 1. The molecule has 0 aliphatic rings. The molecule has 0 spiro atoms. The minimum Gasteiger partial charge on any atom is -0.477 e. The van der Waals surface area contributed by atoms with Gasteiger partial charge in [0.15, 0.2) is 0 Å². The van der Waals surface area contributed by atoms with E-state index in [4.69, 9.17) is 9.52 Å². The van der Waals surface area contributed by atoms with Crippen molar-refractivity contribution >= 4 is 27.3 Å². The first-order valence-electron chi connectivity index (χ1n) is 5.65. The zero-order valence-corrected chi connectivity index (χ0v) is 12.5. The van der Waals surface area contributed by atoms with Crippen LogP contribution < -0.4 is 0 Å². The minimum absolute atomic E-state index is 0.00692. The van der Waals surface area contributed by atoms with Crippen LogP contribution in [-0.4, -0.2) is 30.8 Å². The van der Waals surface area contributed by atoms with Crippen LogP contribution in [0.4, 0.5) is 0 Å². The van der Waals surface area contributed by atoms with E-state index in [1.54, 1.807) is 19.1 Å². The molecule has 0 amide bonds. The van der Waals surface area contributed by atoms with Crippen LogP contribution in [0, 0.1) is 6.92 Å². The van der Waals surface area contributed by atoms with Crippen molar-refractivity contribution in [3.8, 4) is 0 Å². The highest BCUT2D eigenvalue weighted by molar-refractivity contribution is 7.89. The van der Waals surface area contributed by atoms with Crippen LogP contribution in [0.5, 0.6) is 0 Å². The molecule has 20 heavy (non-hydrogen) atoms. The first-order valence-corrected chi connectivity index (χ1v) is 7.90. The molecule has 0 aliphatic carbocycles. The van der Waals surface area contributed by atoms with Gasteiger partial charge in [-0.25, -0.2) is 13.2 Å². The molecule has 0 aromatic carbocycles. The zero-order valence-electron chi connectivity index (χ0n) is 10.9. The van der Waals surface area contributed by atoms with Gasteiger partial charge in [-0.1, -0.05) is 0 Å². The lowest BCUT2D eigenvalue weighted by atomic mass is 10.4. The molecule has 2 heterocycles. The average molecular weight is 315 g/mol. The number of aromatic carboxylic acids is 1. The smallest absolute Gasteiger partial charge is 0.345 e. The van der Waals surface area contributed by atoms with E-state index in [-0.39, 0.29) is 16.3 Å². The number of aryl methyl sites for hydroxylation is 1. The summed E-state index contributed by atoms with van der Waals surface area (Å²) in [4.78, 5) is 11.4. The maximum absolute atomic E-state index is 12.4. The molecule has 0 saturated heterocycles. The van der Waals surface area contributed by atoms with E-state index in [1.807, 2.05) is 0 Å². The largest absolute Gasteiger partial charge is 0.477 e. The van der Waals surface area contributed by atoms with Gasteiger partial charge in [-0.05, 0) is 25.1 Å². The number of rotatable bonds is 5. The summed E-state index contributed by atoms with van der Waals surface area (Å²) in [6, 6.07) is 4.54. The molecule has 6 nitrogen and oxygen atoms in total. The van der Waals surface area contributed by atoms with Gasteiger partial charge in [-0.15, -0.1) is 11.3 Å². The van der Waals surface area contributed by atoms with Gasteiger partial charge < -0.3 is 9.52 Å². The Balaban J connectivity index is 2.32. The van der Waals surface area contributed by atoms with Gasteiger partial charge in [0.25, 0.3) is 0 Å². The van der Waals surface area contributed by atoms with E-state index in [9.17, 15) is 13.2 Å². The molecule has 8 heteroatoms. The fourth-order valence-electron chi connectivity index (χ4n) is 1.70. The topological polar surface area (TPSA) is 87.8 Å². The third-order valence-corrected chi connectivity index (χ3v) is 5.83. The lowest BCUT2D eigenvalue weighted by Crippen LogP contribution is -2.26. The third kappa shape index (κ3) is 2.77. The van der Waals surface area contributed by atoms with Crippen molar-refractivity contribution in [3.05, 3.63) is 40.0 Å². The van der Waals surface area contributed by atoms with E-state index < -0.39 is 16.0 Å². The Hall–Kier alpha value is -1.64. The zero-order chi connectivity index (χ0) is 14.9. The molecule has 2 aromatic heterocycles. The van der Waals surface area contributed by atoms with E-state index in [2.05, 4.69) is 0 Å². The van der Waals surface area contributed by atoms with Crippen LogP contribution in [0.25, 0.3) is 0 Å². The summed E-state index contributed by atoms with van der Waals surface area (Å²) in [5.74, 6) is -0.615. The van der Waals surface area contributed by atoms with E-state index >= 15 is 0 Å². The fraction of sp³-hybridized carbons (Fsp3) is 0.250. The number of carboxylic acids is 1. The van der Waals surface area contributed by atoms with E-state index in [1.165, 1.54) is 19.4 Å². The number of nitrogens with zero attached hydrogens (tertiary/aromatic N) is 1. The summed E-state index contributed by atoms with van der Waals surface area (Å²) in [5, 5.41) is 8.92. The normalized spacial score (nSPS) is 11.9. The maximum Gasteiger partial charge on any atom is 0.345 e.